The number of hydrogen-bond acceptors (Lipinski definition) is 2. The first kappa shape index (κ1) is 12.9. The third-order valence-corrected chi connectivity index (χ3v) is 3.76. The molecule has 1 heterocycles. The van der Waals surface area contributed by atoms with E-state index >= 15 is 0 Å². The van der Waals surface area contributed by atoms with Crippen LogP contribution in [0.1, 0.15) is 27.7 Å². The lowest BCUT2D eigenvalue weighted by atomic mass is 9.79. The molecule has 5 heteroatoms. The SMILES string of the molecule is CC1(C)OB(c2ccc(F)c(Cl)c2)OC1(C)C. The van der Waals surface area contributed by atoms with Crippen molar-refractivity contribution in [2.45, 2.75) is 38.9 Å². The topological polar surface area (TPSA) is 18.5 Å². The molecule has 2 nitrogen and oxygen atoms in total. The molecule has 0 unspecified atom stereocenters. The monoisotopic (exact) mass is 256 g/mol. The molecule has 1 saturated heterocycles. The Labute approximate surface area is 106 Å². The molecule has 1 aliphatic rings. The Hall–Kier alpha value is -0.575. The van der Waals surface area contributed by atoms with E-state index in [1.807, 2.05) is 27.7 Å². The number of hydrogen-bond donors (Lipinski definition) is 0. The van der Waals surface area contributed by atoms with Crippen molar-refractivity contribution in [2.24, 2.45) is 0 Å². The highest BCUT2D eigenvalue weighted by molar-refractivity contribution is 6.62. The van der Waals surface area contributed by atoms with E-state index < -0.39 is 24.1 Å². The third kappa shape index (κ3) is 2.22. The predicted molar refractivity (Wildman–Crippen MR) is 67.1 cm³/mol. The summed E-state index contributed by atoms with van der Waals surface area (Å²) in [4.78, 5) is 0. The minimum Gasteiger partial charge on any atom is -0.399 e. The molecule has 0 spiro atoms. The summed E-state index contributed by atoms with van der Waals surface area (Å²) in [5, 5.41) is 0.0808. The molecule has 0 bridgehead atoms. The van der Waals surface area contributed by atoms with Gasteiger partial charge in [0.25, 0.3) is 0 Å². The smallest absolute Gasteiger partial charge is 0.399 e. The van der Waals surface area contributed by atoms with Crippen molar-refractivity contribution in [3.63, 3.8) is 0 Å². The Morgan fingerprint density at radius 1 is 1.12 bits per heavy atom. The van der Waals surface area contributed by atoms with Crippen LogP contribution in [-0.2, 0) is 9.31 Å². The molecule has 0 N–H and O–H groups in total. The molecule has 92 valence electrons. The molecule has 1 fully saturated rings. The summed E-state index contributed by atoms with van der Waals surface area (Å²) < 4.78 is 24.8. The third-order valence-electron chi connectivity index (χ3n) is 3.47. The molecule has 0 aromatic heterocycles. The maximum absolute atomic E-state index is 13.1. The van der Waals surface area contributed by atoms with Gasteiger partial charge in [0.15, 0.2) is 0 Å². The average Bonchev–Trinajstić information content (AvgIpc) is 2.41. The van der Waals surface area contributed by atoms with Crippen LogP contribution in [0.2, 0.25) is 5.02 Å². The fraction of sp³-hybridized carbons (Fsp3) is 0.500. The van der Waals surface area contributed by atoms with Gasteiger partial charge in [-0.05, 0) is 45.3 Å². The van der Waals surface area contributed by atoms with Gasteiger partial charge in [-0.15, -0.1) is 0 Å². The number of benzene rings is 1. The lowest BCUT2D eigenvalue weighted by Gasteiger charge is -2.32. The highest BCUT2D eigenvalue weighted by atomic mass is 35.5. The second-order valence-corrected chi connectivity index (χ2v) is 5.67. The van der Waals surface area contributed by atoms with Gasteiger partial charge >= 0.3 is 7.12 Å². The highest BCUT2D eigenvalue weighted by Gasteiger charge is 2.51. The van der Waals surface area contributed by atoms with Gasteiger partial charge in [-0.1, -0.05) is 17.7 Å². The fourth-order valence-electron chi connectivity index (χ4n) is 1.64. The lowest BCUT2D eigenvalue weighted by Crippen LogP contribution is -2.41. The molecule has 0 radical (unpaired) electrons. The molecule has 0 atom stereocenters. The van der Waals surface area contributed by atoms with E-state index in [2.05, 4.69) is 0 Å². The van der Waals surface area contributed by atoms with E-state index in [-0.39, 0.29) is 5.02 Å². The van der Waals surface area contributed by atoms with Gasteiger partial charge in [-0.3, -0.25) is 0 Å². The van der Waals surface area contributed by atoms with Gasteiger partial charge in [0, 0.05) is 0 Å². The highest BCUT2D eigenvalue weighted by Crippen LogP contribution is 2.36. The standard InChI is InChI=1S/C12H15BClFO2/c1-11(2)12(3,4)17-13(16-11)8-5-6-10(15)9(14)7-8/h5-7H,1-4H3. The first-order valence-corrected chi connectivity index (χ1v) is 5.91. The molecule has 17 heavy (non-hydrogen) atoms. The molecular weight excluding hydrogens is 241 g/mol. The first-order valence-electron chi connectivity index (χ1n) is 5.53. The van der Waals surface area contributed by atoms with Crippen LogP contribution < -0.4 is 5.46 Å². The van der Waals surface area contributed by atoms with Crippen molar-refractivity contribution in [1.29, 1.82) is 0 Å². The van der Waals surface area contributed by atoms with Gasteiger partial charge in [-0.25, -0.2) is 4.39 Å². The molecule has 0 aliphatic carbocycles. The van der Waals surface area contributed by atoms with Gasteiger partial charge in [-0.2, -0.15) is 0 Å². The normalized spacial score (nSPS) is 21.9. The maximum atomic E-state index is 13.1. The average molecular weight is 257 g/mol. The van der Waals surface area contributed by atoms with E-state index in [1.165, 1.54) is 6.07 Å². The Kier molecular flexibility index (Phi) is 3.01. The molecule has 0 amide bonds. The lowest BCUT2D eigenvalue weighted by molar-refractivity contribution is 0.00578. The molecule has 1 aliphatic heterocycles. The molecule has 2 rings (SSSR count). The van der Waals surface area contributed by atoms with Crippen LogP contribution in [0, 0.1) is 5.82 Å². The summed E-state index contributed by atoms with van der Waals surface area (Å²) in [5.41, 5.74) is -0.0769. The van der Waals surface area contributed by atoms with Crippen molar-refractivity contribution in [3.8, 4) is 0 Å². The zero-order valence-electron chi connectivity index (χ0n) is 10.4. The number of halogens is 2. The zero-order chi connectivity index (χ0) is 12.8. The molecular formula is C12H15BClFO2. The van der Waals surface area contributed by atoms with Crippen molar-refractivity contribution in [2.75, 3.05) is 0 Å². The molecule has 0 saturated carbocycles. The van der Waals surface area contributed by atoms with Gasteiger partial charge in [0.2, 0.25) is 0 Å². The summed E-state index contributed by atoms with van der Waals surface area (Å²) >= 11 is 5.75. The Bertz CT molecular complexity index is 432. The number of rotatable bonds is 1. The fourth-order valence-corrected chi connectivity index (χ4v) is 1.83. The summed E-state index contributed by atoms with van der Waals surface area (Å²) in [7, 11) is -0.502. The maximum Gasteiger partial charge on any atom is 0.494 e. The Morgan fingerprint density at radius 3 is 2.12 bits per heavy atom. The van der Waals surface area contributed by atoms with E-state index in [4.69, 9.17) is 20.9 Å². The summed E-state index contributed by atoms with van der Waals surface area (Å²) in [6.07, 6.45) is 0. The Morgan fingerprint density at radius 2 is 1.65 bits per heavy atom. The van der Waals surface area contributed by atoms with Crippen molar-refractivity contribution in [3.05, 3.63) is 29.0 Å². The first-order chi connectivity index (χ1) is 7.73. The van der Waals surface area contributed by atoms with Gasteiger partial charge in [0.05, 0.1) is 16.2 Å². The van der Waals surface area contributed by atoms with Crippen LogP contribution in [0.4, 0.5) is 4.39 Å². The summed E-state index contributed by atoms with van der Waals surface area (Å²) in [5.74, 6) is -0.438. The van der Waals surface area contributed by atoms with Gasteiger partial charge < -0.3 is 9.31 Å². The quantitative estimate of drug-likeness (QED) is 0.719. The van der Waals surface area contributed by atoms with Crippen LogP contribution in [0.3, 0.4) is 0 Å². The molecule has 1 aromatic carbocycles. The molecule has 1 aromatic rings. The van der Waals surface area contributed by atoms with E-state index in [9.17, 15) is 4.39 Å². The van der Waals surface area contributed by atoms with Crippen LogP contribution >= 0.6 is 11.6 Å². The van der Waals surface area contributed by atoms with Crippen molar-refractivity contribution in [1.82, 2.24) is 0 Å². The second kappa shape index (κ2) is 3.97. The summed E-state index contributed by atoms with van der Waals surface area (Å²) in [6, 6.07) is 4.49. The van der Waals surface area contributed by atoms with E-state index in [0.29, 0.717) is 0 Å². The van der Waals surface area contributed by atoms with Crippen LogP contribution in [0.5, 0.6) is 0 Å². The van der Waals surface area contributed by atoms with Crippen LogP contribution in [0.15, 0.2) is 18.2 Å². The second-order valence-electron chi connectivity index (χ2n) is 5.26. The summed E-state index contributed by atoms with van der Waals surface area (Å²) in [6.45, 7) is 7.88. The van der Waals surface area contributed by atoms with Gasteiger partial charge in [0.1, 0.15) is 5.82 Å². The Balaban J connectivity index is 2.29. The van der Waals surface area contributed by atoms with Crippen molar-refractivity contribution < 1.29 is 13.7 Å². The predicted octanol–water partition coefficient (Wildman–Crippen LogP) is 2.78. The van der Waals surface area contributed by atoms with Crippen molar-refractivity contribution >= 4 is 24.2 Å². The van der Waals surface area contributed by atoms with Crippen LogP contribution in [0.25, 0.3) is 0 Å². The van der Waals surface area contributed by atoms with Crippen LogP contribution in [-0.4, -0.2) is 18.3 Å². The minimum atomic E-state index is -0.502. The minimum absolute atomic E-state index is 0.0808. The largest absolute Gasteiger partial charge is 0.494 e. The zero-order valence-corrected chi connectivity index (χ0v) is 11.1. The van der Waals surface area contributed by atoms with E-state index in [0.717, 1.165) is 5.46 Å². The van der Waals surface area contributed by atoms with E-state index in [1.54, 1.807) is 12.1 Å².